The average molecular weight is 314 g/mol. The number of aromatic nitrogens is 2. The Hall–Kier alpha value is -3.07. The maximum atomic E-state index is 14.3. The van der Waals surface area contributed by atoms with Crippen molar-refractivity contribution in [3.63, 3.8) is 0 Å². The monoisotopic (exact) mass is 314 g/mol. The fraction of sp³-hybridized carbons (Fsp3) is 0.0476. The highest BCUT2D eigenvalue weighted by atomic mass is 19.1. The minimum atomic E-state index is -0.180. The summed E-state index contributed by atoms with van der Waals surface area (Å²) in [6.45, 7) is 1.90. The third-order valence-electron chi connectivity index (χ3n) is 4.73. The maximum absolute atomic E-state index is 14.3. The SMILES string of the molecule is Cc1ccc(-c2ccc3[nH]c4c(ccc5cc[nH]c54)c3c2)c(F)c1. The lowest BCUT2D eigenvalue weighted by molar-refractivity contribution is 0.630. The van der Waals surface area contributed by atoms with Crippen LogP contribution in [0.2, 0.25) is 0 Å². The van der Waals surface area contributed by atoms with Gasteiger partial charge in [0.05, 0.1) is 11.0 Å². The van der Waals surface area contributed by atoms with Crippen LogP contribution in [0.5, 0.6) is 0 Å². The first-order chi connectivity index (χ1) is 11.7. The number of fused-ring (bicyclic) bond motifs is 5. The van der Waals surface area contributed by atoms with Crippen molar-refractivity contribution in [1.29, 1.82) is 0 Å². The Morgan fingerprint density at radius 1 is 0.833 bits per heavy atom. The molecule has 24 heavy (non-hydrogen) atoms. The van der Waals surface area contributed by atoms with Gasteiger partial charge in [-0.3, -0.25) is 0 Å². The molecule has 0 saturated heterocycles. The predicted molar refractivity (Wildman–Crippen MR) is 97.8 cm³/mol. The molecule has 5 aromatic rings. The van der Waals surface area contributed by atoms with E-state index >= 15 is 0 Å². The number of halogens is 1. The van der Waals surface area contributed by atoms with Crippen LogP contribution in [0.4, 0.5) is 4.39 Å². The van der Waals surface area contributed by atoms with Crippen molar-refractivity contribution in [1.82, 2.24) is 9.97 Å². The highest BCUT2D eigenvalue weighted by Crippen LogP contribution is 2.34. The topological polar surface area (TPSA) is 31.6 Å². The van der Waals surface area contributed by atoms with Crippen molar-refractivity contribution in [2.24, 2.45) is 0 Å². The van der Waals surface area contributed by atoms with Gasteiger partial charge in [0.25, 0.3) is 0 Å². The van der Waals surface area contributed by atoms with Gasteiger partial charge in [-0.1, -0.05) is 30.3 Å². The lowest BCUT2D eigenvalue weighted by atomic mass is 10.0. The lowest BCUT2D eigenvalue weighted by Gasteiger charge is -2.05. The molecule has 2 aromatic heterocycles. The molecule has 5 rings (SSSR count). The predicted octanol–water partition coefficient (Wildman–Crippen LogP) is 5.92. The molecule has 0 amide bonds. The van der Waals surface area contributed by atoms with E-state index in [9.17, 15) is 4.39 Å². The number of hydrogen-bond donors (Lipinski definition) is 2. The van der Waals surface area contributed by atoms with Crippen molar-refractivity contribution in [2.75, 3.05) is 0 Å². The molecular formula is C21H15FN2. The van der Waals surface area contributed by atoms with Gasteiger partial charge in [-0.25, -0.2) is 4.39 Å². The van der Waals surface area contributed by atoms with Gasteiger partial charge in [-0.15, -0.1) is 0 Å². The van der Waals surface area contributed by atoms with E-state index in [0.717, 1.165) is 38.4 Å². The summed E-state index contributed by atoms with van der Waals surface area (Å²) in [5.41, 5.74) is 5.72. The van der Waals surface area contributed by atoms with Gasteiger partial charge in [-0.2, -0.15) is 0 Å². The molecule has 0 aliphatic carbocycles. The van der Waals surface area contributed by atoms with Crippen LogP contribution in [-0.4, -0.2) is 9.97 Å². The second kappa shape index (κ2) is 4.71. The molecule has 0 radical (unpaired) electrons. The molecule has 0 unspecified atom stereocenters. The van der Waals surface area contributed by atoms with Gasteiger partial charge < -0.3 is 9.97 Å². The summed E-state index contributed by atoms with van der Waals surface area (Å²) in [5, 5.41) is 3.44. The Kier molecular flexibility index (Phi) is 2.63. The van der Waals surface area contributed by atoms with Crippen molar-refractivity contribution in [3.05, 3.63) is 72.2 Å². The van der Waals surface area contributed by atoms with Gasteiger partial charge >= 0.3 is 0 Å². The van der Waals surface area contributed by atoms with Gasteiger partial charge in [0.2, 0.25) is 0 Å². The average Bonchev–Trinajstić information content (AvgIpc) is 3.18. The van der Waals surface area contributed by atoms with E-state index in [1.54, 1.807) is 6.07 Å². The molecule has 3 aromatic carbocycles. The van der Waals surface area contributed by atoms with E-state index in [1.165, 1.54) is 5.39 Å². The van der Waals surface area contributed by atoms with Crippen LogP contribution in [0.25, 0.3) is 43.8 Å². The quantitative estimate of drug-likeness (QED) is 0.385. The standard InChI is InChI=1S/C21H15FN2/c1-12-2-5-15(18(22)10-12)14-4-7-19-17(11-14)16-6-3-13-8-9-23-20(13)21(16)24-19/h2-11,23-24H,1H3. The summed E-state index contributed by atoms with van der Waals surface area (Å²) < 4.78 is 14.3. The Bertz CT molecular complexity index is 1230. The maximum Gasteiger partial charge on any atom is 0.131 e. The summed E-state index contributed by atoms with van der Waals surface area (Å²) in [6, 6.07) is 17.7. The third kappa shape index (κ3) is 1.81. The molecule has 2 N–H and O–H groups in total. The number of benzene rings is 3. The smallest absolute Gasteiger partial charge is 0.131 e. The Labute approximate surface area is 137 Å². The molecule has 2 heterocycles. The Morgan fingerprint density at radius 3 is 2.62 bits per heavy atom. The van der Waals surface area contributed by atoms with E-state index in [1.807, 2.05) is 37.4 Å². The molecule has 0 saturated carbocycles. The van der Waals surface area contributed by atoms with Crippen LogP contribution >= 0.6 is 0 Å². The molecule has 0 aliphatic rings. The minimum Gasteiger partial charge on any atom is -0.359 e. The van der Waals surface area contributed by atoms with E-state index < -0.39 is 0 Å². The Morgan fingerprint density at radius 2 is 1.75 bits per heavy atom. The number of rotatable bonds is 1. The first-order valence-corrected chi connectivity index (χ1v) is 7.99. The molecule has 116 valence electrons. The summed E-state index contributed by atoms with van der Waals surface area (Å²) in [6.07, 6.45) is 1.95. The van der Waals surface area contributed by atoms with Crippen LogP contribution < -0.4 is 0 Å². The van der Waals surface area contributed by atoms with Crippen molar-refractivity contribution >= 4 is 32.7 Å². The normalized spacial score (nSPS) is 11.8. The van der Waals surface area contributed by atoms with Gasteiger partial charge in [0, 0.05) is 33.4 Å². The van der Waals surface area contributed by atoms with E-state index in [-0.39, 0.29) is 5.82 Å². The first-order valence-electron chi connectivity index (χ1n) is 7.99. The Balaban J connectivity index is 1.82. The second-order valence-corrected chi connectivity index (χ2v) is 6.30. The highest BCUT2D eigenvalue weighted by molar-refractivity contribution is 6.16. The fourth-order valence-corrected chi connectivity index (χ4v) is 3.51. The van der Waals surface area contributed by atoms with Crippen molar-refractivity contribution < 1.29 is 4.39 Å². The number of aromatic amines is 2. The molecule has 3 heteroatoms. The summed E-state index contributed by atoms with van der Waals surface area (Å²) in [4.78, 5) is 6.78. The van der Waals surface area contributed by atoms with Gasteiger partial charge in [0.15, 0.2) is 0 Å². The van der Waals surface area contributed by atoms with Crippen LogP contribution in [0.1, 0.15) is 5.56 Å². The number of nitrogens with one attached hydrogen (secondary N) is 2. The van der Waals surface area contributed by atoms with E-state index in [0.29, 0.717) is 5.56 Å². The zero-order chi connectivity index (χ0) is 16.3. The molecule has 2 nitrogen and oxygen atoms in total. The molecule has 0 fully saturated rings. The van der Waals surface area contributed by atoms with Gasteiger partial charge in [-0.05, 0) is 42.3 Å². The molecule has 0 bridgehead atoms. The molecular weight excluding hydrogens is 299 g/mol. The van der Waals surface area contributed by atoms with Crippen molar-refractivity contribution in [3.8, 4) is 11.1 Å². The van der Waals surface area contributed by atoms with Crippen LogP contribution in [0.15, 0.2) is 60.8 Å². The number of aryl methyl sites for hydroxylation is 1. The number of H-pyrrole nitrogens is 2. The summed E-state index contributed by atoms with van der Waals surface area (Å²) in [5.74, 6) is -0.180. The molecule has 0 atom stereocenters. The van der Waals surface area contributed by atoms with Gasteiger partial charge in [0.1, 0.15) is 5.82 Å². The van der Waals surface area contributed by atoms with Crippen LogP contribution in [-0.2, 0) is 0 Å². The van der Waals surface area contributed by atoms with Crippen molar-refractivity contribution in [2.45, 2.75) is 6.92 Å². The molecule has 0 spiro atoms. The number of hydrogen-bond acceptors (Lipinski definition) is 0. The highest BCUT2D eigenvalue weighted by Gasteiger charge is 2.11. The summed E-state index contributed by atoms with van der Waals surface area (Å²) in [7, 11) is 0. The van der Waals surface area contributed by atoms with E-state index in [2.05, 4.69) is 34.2 Å². The minimum absolute atomic E-state index is 0.180. The van der Waals surface area contributed by atoms with Crippen LogP contribution in [0.3, 0.4) is 0 Å². The third-order valence-corrected chi connectivity index (χ3v) is 4.73. The van der Waals surface area contributed by atoms with Crippen LogP contribution in [0, 0.1) is 12.7 Å². The zero-order valence-electron chi connectivity index (χ0n) is 13.2. The largest absolute Gasteiger partial charge is 0.359 e. The lowest BCUT2D eigenvalue weighted by Crippen LogP contribution is -1.85. The first kappa shape index (κ1) is 13.4. The molecule has 0 aliphatic heterocycles. The second-order valence-electron chi connectivity index (χ2n) is 6.30. The van der Waals surface area contributed by atoms with E-state index in [4.69, 9.17) is 0 Å². The zero-order valence-corrected chi connectivity index (χ0v) is 13.2. The summed E-state index contributed by atoms with van der Waals surface area (Å²) >= 11 is 0. The fourth-order valence-electron chi connectivity index (χ4n) is 3.51.